The number of aromatic nitrogens is 2. The largest absolute Gasteiger partial charge is 0.339 e. The molecule has 1 aromatic rings. The maximum Gasteiger partial charge on any atom is 0.230 e. The lowest BCUT2D eigenvalue weighted by atomic mass is 10.1. The van der Waals surface area contributed by atoms with Crippen LogP contribution in [0.1, 0.15) is 39.3 Å². The van der Waals surface area contributed by atoms with Gasteiger partial charge in [0.2, 0.25) is 11.8 Å². The Morgan fingerprint density at radius 3 is 2.95 bits per heavy atom. The quantitative estimate of drug-likeness (QED) is 0.858. The number of likely N-dealkylation sites (tertiary alicyclic amines) is 1. The first-order valence-electron chi connectivity index (χ1n) is 7.15. The van der Waals surface area contributed by atoms with E-state index in [1.807, 2.05) is 19.9 Å². The Labute approximate surface area is 118 Å². The summed E-state index contributed by atoms with van der Waals surface area (Å²) in [6, 6.07) is 1.99. The van der Waals surface area contributed by atoms with E-state index >= 15 is 0 Å². The van der Waals surface area contributed by atoms with E-state index < -0.39 is 0 Å². The van der Waals surface area contributed by atoms with Gasteiger partial charge in [-0.05, 0) is 20.3 Å². The summed E-state index contributed by atoms with van der Waals surface area (Å²) < 4.78 is 0. The minimum absolute atomic E-state index is 0.0499. The lowest BCUT2D eigenvalue weighted by Crippen LogP contribution is -2.33. The molecule has 1 aromatic heterocycles. The molecule has 20 heavy (non-hydrogen) atoms. The van der Waals surface area contributed by atoms with Crippen LogP contribution in [-0.2, 0) is 16.0 Å². The van der Waals surface area contributed by atoms with Crippen molar-refractivity contribution >= 4 is 17.6 Å². The van der Waals surface area contributed by atoms with Crippen LogP contribution in [0.3, 0.4) is 0 Å². The molecule has 0 spiro atoms. The molecule has 0 saturated carbocycles. The van der Waals surface area contributed by atoms with E-state index in [0.29, 0.717) is 12.4 Å². The number of nitrogens with one attached hydrogen (secondary N) is 2. The minimum atomic E-state index is -0.281. The maximum absolute atomic E-state index is 12.2. The van der Waals surface area contributed by atoms with Crippen LogP contribution in [0.2, 0.25) is 0 Å². The molecule has 0 bridgehead atoms. The zero-order chi connectivity index (χ0) is 14.7. The van der Waals surface area contributed by atoms with Gasteiger partial charge in [0.25, 0.3) is 0 Å². The molecule has 1 aliphatic rings. The Kier molecular flexibility index (Phi) is 4.42. The van der Waals surface area contributed by atoms with Crippen LogP contribution in [-0.4, -0.2) is 39.5 Å². The second kappa shape index (κ2) is 6.07. The monoisotopic (exact) mass is 278 g/mol. The highest BCUT2D eigenvalue weighted by atomic mass is 16.2. The fourth-order valence-electron chi connectivity index (χ4n) is 2.46. The average Bonchev–Trinajstić information content (AvgIpc) is 2.96. The first-order valence-corrected chi connectivity index (χ1v) is 7.15. The van der Waals surface area contributed by atoms with Gasteiger partial charge in [-0.1, -0.05) is 13.3 Å². The highest BCUT2D eigenvalue weighted by molar-refractivity contribution is 5.96. The Morgan fingerprint density at radius 2 is 2.35 bits per heavy atom. The standard InChI is InChI=1S/C14H22N4O2/c1-4-5-11-7-12(17-16-11)15-14(20)10-6-13(19)18(8-10)9(2)3/h7,9-10H,4-6,8H2,1-3H3,(H2,15,16,17,20). The van der Waals surface area contributed by atoms with E-state index in [-0.39, 0.29) is 30.2 Å². The Balaban J connectivity index is 1.93. The number of aryl methyl sites for hydroxylation is 1. The van der Waals surface area contributed by atoms with Gasteiger partial charge in [-0.3, -0.25) is 14.7 Å². The van der Waals surface area contributed by atoms with Crippen molar-refractivity contribution in [3.63, 3.8) is 0 Å². The summed E-state index contributed by atoms with van der Waals surface area (Å²) in [6.45, 7) is 6.50. The molecule has 1 aliphatic heterocycles. The molecule has 2 amide bonds. The lowest BCUT2D eigenvalue weighted by Gasteiger charge is -2.20. The second-order valence-electron chi connectivity index (χ2n) is 5.56. The Bertz CT molecular complexity index is 495. The third kappa shape index (κ3) is 3.18. The number of hydrogen-bond acceptors (Lipinski definition) is 3. The number of hydrogen-bond donors (Lipinski definition) is 2. The highest BCUT2D eigenvalue weighted by Gasteiger charge is 2.35. The number of aromatic amines is 1. The summed E-state index contributed by atoms with van der Waals surface area (Å²) >= 11 is 0. The average molecular weight is 278 g/mol. The van der Waals surface area contributed by atoms with Crippen molar-refractivity contribution < 1.29 is 9.59 Å². The van der Waals surface area contributed by atoms with Crippen LogP contribution in [0.25, 0.3) is 0 Å². The van der Waals surface area contributed by atoms with E-state index in [1.165, 1.54) is 0 Å². The van der Waals surface area contributed by atoms with Gasteiger partial charge in [-0.15, -0.1) is 0 Å². The Morgan fingerprint density at radius 1 is 1.60 bits per heavy atom. The van der Waals surface area contributed by atoms with E-state index in [1.54, 1.807) is 4.90 Å². The van der Waals surface area contributed by atoms with Crippen molar-refractivity contribution in [1.29, 1.82) is 0 Å². The molecule has 0 aliphatic carbocycles. The molecule has 1 unspecified atom stereocenters. The summed E-state index contributed by atoms with van der Waals surface area (Å²) in [6.07, 6.45) is 2.22. The second-order valence-corrected chi connectivity index (χ2v) is 5.56. The SMILES string of the molecule is CCCc1cc(NC(=O)C2CC(=O)N(C(C)C)C2)n[nH]1. The molecule has 2 rings (SSSR count). The minimum Gasteiger partial charge on any atom is -0.339 e. The number of anilines is 1. The van der Waals surface area contributed by atoms with Gasteiger partial charge in [0.1, 0.15) is 0 Å². The molecule has 1 fully saturated rings. The fourth-order valence-corrected chi connectivity index (χ4v) is 2.46. The first kappa shape index (κ1) is 14.6. The van der Waals surface area contributed by atoms with Crippen LogP contribution in [0, 0.1) is 5.92 Å². The van der Waals surface area contributed by atoms with Crippen molar-refractivity contribution in [3.05, 3.63) is 11.8 Å². The van der Waals surface area contributed by atoms with E-state index in [4.69, 9.17) is 0 Å². The van der Waals surface area contributed by atoms with Gasteiger partial charge in [-0.2, -0.15) is 5.10 Å². The summed E-state index contributed by atoms with van der Waals surface area (Å²) in [5.41, 5.74) is 1.01. The maximum atomic E-state index is 12.2. The topological polar surface area (TPSA) is 78.1 Å². The van der Waals surface area contributed by atoms with Gasteiger partial charge < -0.3 is 10.2 Å². The fraction of sp³-hybridized carbons (Fsp3) is 0.643. The smallest absolute Gasteiger partial charge is 0.230 e. The summed E-state index contributed by atoms with van der Waals surface area (Å²) in [5, 5.41) is 9.74. The predicted molar refractivity (Wildman–Crippen MR) is 76.2 cm³/mol. The summed E-state index contributed by atoms with van der Waals surface area (Å²) in [7, 11) is 0. The molecule has 1 saturated heterocycles. The van der Waals surface area contributed by atoms with Crippen molar-refractivity contribution in [1.82, 2.24) is 15.1 Å². The van der Waals surface area contributed by atoms with Crippen LogP contribution >= 0.6 is 0 Å². The Hall–Kier alpha value is -1.85. The normalized spacial score (nSPS) is 18.9. The van der Waals surface area contributed by atoms with E-state index in [2.05, 4.69) is 22.4 Å². The zero-order valence-electron chi connectivity index (χ0n) is 12.3. The van der Waals surface area contributed by atoms with Crippen LogP contribution in [0.4, 0.5) is 5.82 Å². The molecule has 1 atom stereocenters. The molecule has 2 heterocycles. The molecular weight excluding hydrogens is 256 g/mol. The molecule has 110 valence electrons. The van der Waals surface area contributed by atoms with Crippen LogP contribution in [0.15, 0.2) is 6.07 Å². The molecule has 6 nitrogen and oxygen atoms in total. The summed E-state index contributed by atoms with van der Waals surface area (Å²) in [4.78, 5) is 25.7. The van der Waals surface area contributed by atoms with Gasteiger partial charge in [-0.25, -0.2) is 0 Å². The van der Waals surface area contributed by atoms with Crippen molar-refractivity contribution in [2.45, 2.75) is 46.1 Å². The van der Waals surface area contributed by atoms with Gasteiger partial charge in [0.15, 0.2) is 5.82 Å². The molecule has 0 radical (unpaired) electrons. The predicted octanol–water partition coefficient (Wildman–Crippen LogP) is 1.56. The number of nitrogens with zero attached hydrogens (tertiary/aromatic N) is 2. The zero-order valence-corrected chi connectivity index (χ0v) is 12.3. The van der Waals surface area contributed by atoms with Crippen molar-refractivity contribution in [2.75, 3.05) is 11.9 Å². The highest BCUT2D eigenvalue weighted by Crippen LogP contribution is 2.21. The lowest BCUT2D eigenvalue weighted by molar-refractivity contribution is -0.129. The summed E-state index contributed by atoms with van der Waals surface area (Å²) in [5.74, 6) is 0.176. The van der Waals surface area contributed by atoms with Crippen molar-refractivity contribution in [2.24, 2.45) is 5.92 Å². The number of rotatable bonds is 5. The van der Waals surface area contributed by atoms with E-state index in [0.717, 1.165) is 18.5 Å². The third-order valence-electron chi connectivity index (χ3n) is 3.55. The number of H-pyrrole nitrogens is 1. The van der Waals surface area contributed by atoms with Crippen LogP contribution in [0.5, 0.6) is 0 Å². The van der Waals surface area contributed by atoms with Crippen molar-refractivity contribution in [3.8, 4) is 0 Å². The number of carbonyl (C=O) groups is 2. The molecule has 2 N–H and O–H groups in total. The number of amides is 2. The van der Waals surface area contributed by atoms with Crippen LogP contribution < -0.4 is 5.32 Å². The molecular formula is C14H22N4O2. The van der Waals surface area contributed by atoms with Gasteiger partial charge in [0.05, 0.1) is 5.92 Å². The molecule has 6 heteroatoms. The third-order valence-corrected chi connectivity index (χ3v) is 3.55. The van der Waals surface area contributed by atoms with E-state index in [9.17, 15) is 9.59 Å². The number of carbonyl (C=O) groups excluding carboxylic acids is 2. The van der Waals surface area contributed by atoms with Gasteiger partial charge >= 0.3 is 0 Å². The first-order chi connectivity index (χ1) is 9.51. The molecule has 0 aromatic carbocycles. The van der Waals surface area contributed by atoms with Gasteiger partial charge in [0, 0.05) is 30.8 Å².